The fraction of sp³-hybridized carbons (Fsp3) is 0.500. The van der Waals surface area contributed by atoms with Gasteiger partial charge in [0.1, 0.15) is 17.8 Å². The molecule has 3 unspecified atom stereocenters. The van der Waals surface area contributed by atoms with Crippen LogP contribution in [-0.4, -0.2) is 70.3 Å². The van der Waals surface area contributed by atoms with Gasteiger partial charge < -0.3 is 37.0 Å². The van der Waals surface area contributed by atoms with Gasteiger partial charge in [0, 0.05) is 0 Å². The minimum atomic E-state index is -1.34. The van der Waals surface area contributed by atoms with Crippen molar-refractivity contribution >= 4 is 23.7 Å². The zero-order valence-corrected chi connectivity index (χ0v) is 17.5. The number of nitrogens with two attached hydrogens (primary N) is 1. The molecule has 31 heavy (non-hydrogen) atoms. The second-order valence-electron chi connectivity index (χ2n) is 7.53. The molecule has 172 valence electrons. The summed E-state index contributed by atoms with van der Waals surface area (Å²) >= 11 is 0. The highest BCUT2D eigenvalue weighted by Crippen LogP contribution is 2.11. The number of carboxylic acids is 1. The molecule has 0 saturated carbocycles. The zero-order valence-electron chi connectivity index (χ0n) is 17.5. The van der Waals surface area contributed by atoms with Crippen molar-refractivity contribution in [3.05, 3.63) is 29.8 Å². The highest BCUT2D eigenvalue weighted by Gasteiger charge is 2.25. The van der Waals surface area contributed by atoms with Crippen LogP contribution in [-0.2, 0) is 25.6 Å². The number of carbonyl (C=O) groups is 4. The normalized spacial score (nSPS) is 13.7. The average Bonchev–Trinajstić information content (AvgIpc) is 2.70. The fourth-order valence-corrected chi connectivity index (χ4v) is 2.68. The Balaban J connectivity index is 2.54. The van der Waals surface area contributed by atoms with Crippen LogP contribution in [0.3, 0.4) is 0 Å². The summed E-state index contributed by atoms with van der Waals surface area (Å²) in [6.07, 6.45) is 0.365. The van der Waals surface area contributed by atoms with E-state index < -0.39 is 55.0 Å². The van der Waals surface area contributed by atoms with Crippen LogP contribution in [0.4, 0.5) is 0 Å². The van der Waals surface area contributed by atoms with E-state index in [-0.39, 0.29) is 24.5 Å². The van der Waals surface area contributed by atoms with Gasteiger partial charge in [-0.25, -0.2) is 4.79 Å². The van der Waals surface area contributed by atoms with Crippen LogP contribution < -0.4 is 21.7 Å². The predicted molar refractivity (Wildman–Crippen MR) is 111 cm³/mol. The Bertz CT molecular complexity index is 767. The third-order valence-electron chi connectivity index (χ3n) is 4.31. The average molecular weight is 438 g/mol. The molecule has 0 aromatic heterocycles. The third kappa shape index (κ3) is 9.45. The van der Waals surface area contributed by atoms with Crippen LogP contribution >= 0.6 is 0 Å². The monoisotopic (exact) mass is 438 g/mol. The van der Waals surface area contributed by atoms with Crippen molar-refractivity contribution in [2.24, 2.45) is 11.7 Å². The summed E-state index contributed by atoms with van der Waals surface area (Å²) in [6, 6.07) is 2.66. The maximum atomic E-state index is 12.2. The molecule has 11 nitrogen and oxygen atoms in total. The van der Waals surface area contributed by atoms with Gasteiger partial charge in [-0.15, -0.1) is 0 Å². The molecule has 1 rings (SSSR count). The van der Waals surface area contributed by atoms with Crippen LogP contribution in [0.15, 0.2) is 24.3 Å². The number of aromatic hydroxyl groups is 1. The van der Waals surface area contributed by atoms with Crippen molar-refractivity contribution in [3.8, 4) is 5.75 Å². The molecule has 1 aromatic carbocycles. The van der Waals surface area contributed by atoms with Crippen molar-refractivity contribution < 1.29 is 34.5 Å². The smallest absolute Gasteiger partial charge is 0.326 e. The Kier molecular flexibility index (Phi) is 10.4. The van der Waals surface area contributed by atoms with E-state index in [1.807, 2.05) is 13.8 Å². The molecule has 0 spiro atoms. The van der Waals surface area contributed by atoms with E-state index in [9.17, 15) is 29.4 Å². The number of rotatable bonds is 12. The van der Waals surface area contributed by atoms with E-state index in [0.717, 1.165) is 0 Å². The van der Waals surface area contributed by atoms with Crippen molar-refractivity contribution in [1.29, 1.82) is 0 Å². The second-order valence-corrected chi connectivity index (χ2v) is 7.53. The lowest BCUT2D eigenvalue weighted by atomic mass is 10.0. The molecular formula is C20H30N4O7. The maximum Gasteiger partial charge on any atom is 0.326 e. The number of amides is 3. The zero-order chi connectivity index (χ0) is 23.6. The molecule has 0 heterocycles. The lowest BCUT2D eigenvalue weighted by Gasteiger charge is -2.20. The summed E-state index contributed by atoms with van der Waals surface area (Å²) in [5, 5.41) is 34.7. The molecular weight excluding hydrogens is 408 g/mol. The largest absolute Gasteiger partial charge is 0.508 e. The van der Waals surface area contributed by atoms with Gasteiger partial charge >= 0.3 is 5.97 Å². The highest BCUT2D eigenvalue weighted by atomic mass is 16.4. The number of hydrogen-bond donors (Lipinski definition) is 7. The summed E-state index contributed by atoms with van der Waals surface area (Å²) < 4.78 is 0. The highest BCUT2D eigenvalue weighted by molar-refractivity contribution is 5.92. The fourth-order valence-electron chi connectivity index (χ4n) is 2.68. The molecule has 0 aliphatic rings. The summed E-state index contributed by atoms with van der Waals surface area (Å²) in [5.41, 5.74) is 6.52. The van der Waals surface area contributed by atoms with E-state index in [1.54, 1.807) is 12.1 Å². The van der Waals surface area contributed by atoms with E-state index >= 15 is 0 Å². The topological polar surface area (TPSA) is 191 Å². The quantitative estimate of drug-likeness (QED) is 0.204. The standard InChI is InChI=1S/C20H30N4O7/c1-11(2)7-15(20(30)31)23-17(27)9-22-19(29)16(10-25)24-18(28)14(21)8-12-3-5-13(26)6-4-12/h3-6,11,14-16,25-26H,7-10,21H2,1-2H3,(H,22,29)(H,23,27)(H,24,28)(H,30,31). The van der Waals surface area contributed by atoms with Gasteiger partial charge in [0.05, 0.1) is 19.2 Å². The van der Waals surface area contributed by atoms with Gasteiger partial charge in [-0.2, -0.15) is 0 Å². The van der Waals surface area contributed by atoms with Crippen molar-refractivity contribution in [2.45, 2.75) is 44.8 Å². The minimum absolute atomic E-state index is 0.0377. The molecule has 3 amide bonds. The van der Waals surface area contributed by atoms with Gasteiger partial charge in [0.25, 0.3) is 0 Å². The third-order valence-corrected chi connectivity index (χ3v) is 4.31. The number of benzene rings is 1. The van der Waals surface area contributed by atoms with E-state index in [0.29, 0.717) is 5.56 Å². The molecule has 0 fully saturated rings. The van der Waals surface area contributed by atoms with Gasteiger partial charge in [-0.05, 0) is 36.5 Å². The van der Waals surface area contributed by atoms with E-state index in [2.05, 4.69) is 16.0 Å². The molecule has 0 radical (unpaired) electrons. The van der Waals surface area contributed by atoms with Crippen LogP contribution in [0.1, 0.15) is 25.8 Å². The summed E-state index contributed by atoms with van der Waals surface area (Å²) in [6.45, 7) is 2.37. The van der Waals surface area contributed by atoms with Crippen molar-refractivity contribution in [2.75, 3.05) is 13.2 Å². The van der Waals surface area contributed by atoms with Crippen molar-refractivity contribution in [3.63, 3.8) is 0 Å². The van der Waals surface area contributed by atoms with Crippen LogP contribution in [0.25, 0.3) is 0 Å². The molecule has 0 aliphatic carbocycles. The SMILES string of the molecule is CC(C)CC(NC(=O)CNC(=O)C(CO)NC(=O)C(N)Cc1ccc(O)cc1)C(=O)O. The Morgan fingerprint density at radius 3 is 2.13 bits per heavy atom. The number of phenols is 1. The number of phenolic OH excluding ortho intramolecular Hbond substituents is 1. The lowest BCUT2D eigenvalue weighted by molar-refractivity contribution is -0.142. The minimum Gasteiger partial charge on any atom is -0.508 e. The Morgan fingerprint density at radius 2 is 1.61 bits per heavy atom. The maximum absolute atomic E-state index is 12.2. The van der Waals surface area contributed by atoms with Crippen LogP contribution in [0.5, 0.6) is 5.75 Å². The van der Waals surface area contributed by atoms with Gasteiger partial charge in [-0.1, -0.05) is 26.0 Å². The Labute approximate surface area is 180 Å². The summed E-state index contributed by atoms with van der Waals surface area (Å²) in [7, 11) is 0. The summed E-state index contributed by atoms with van der Waals surface area (Å²) in [5.74, 6) is -3.30. The van der Waals surface area contributed by atoms with Crippen molar-refractivity contribution in [1.82, 2.24) is 16.0 Å². The van der Waals surface area contributed by atoms with E-state index in [4.69, 9.17) is 10.8 Å². The predicted octanol–water partition coefficient (Wildman–Crippen LogP) is -1.53. The van der Waals surface area contributed by atoms with Crippen LogP contribution in [0, 0.1) is 5.92 Å². The molecule has 3 atom stereocenters. The first-order chi connectivity index (χ1) is 14.5. The molecule has 0 aliphatic heterocycles. The number of aliphatic carboxylic acids is 1. The summed E-state index contributed by atoms with van der Waals surface area (Å²) in [4.78, 5) is 47.5. The number of hydrogen-bond acceptors (Lipinski definition) is 7. The molecule has 0 saturated heterocycles. The molecule has 11 heteroatoms. The lowest BCUT2D eigenvalue weighted by Crippen LogP contribution is -2.55. The Hall–Kier alpha value is -3.18. The van der Waals surface area contributed by atoms with Crippen LogP contribution in [0.2, 0.25) is 0 Å². The number of aliphatic hydroxyl groups excluding tert-OH is 1. The number of carbonyl (C=O) groups excluding carboxylic acids is 3. The first-order valence-corrected chi connectivity index (χ1v) is 9.78. The first kappa shape index (κ1) is 25.9. The van der Waals surface area contributed by atoms with Gasteiger partial charge in [0.2, 0.25) is 17.7 Å². The van der Waals surface area contributed by atoms with Gasteiger partial charge in [0.15, 0.2) is 0 Å². The number of carboxylic acid groups (broad SMARTS) is 1. The second kappa shape index (κ2) is 12.5. The van der Waals surface area contributed by atoms with Gasteiger partial charge in [-0.3, -0.25) is 14.4 Å². The Morgan fingerprint density at radius 1 is 1.00 bits per heavy atom. The van der Waals surface area contributed by atoms with E-state index in [1.165, 1.54) is 12.1 Å². The molecule has 1 aromatic rings. The molecule has 0 bridgehead atoms. The number of nitrogens with one attached hydrogen (secondary N) is 3. The molecule has 8 N–H and O–H groups in total. The first-order valence-electron chi connectivity index (χ1n) is 9.78. The number of aliphatic hydroxyl groups is 1.